The Hall–Kier alpha value is -0.980. The van der Waals surface area contributed by atoms with Gasteiger partial charge in [0.1, 0.15) is 5.82 Å². The molecule has 108 valence electrons. The van der Waals surface area contributed by atoms with Crippen molar-refractivity contribution in [2.45, 2.75) is 26.3 Å². The molecule has 0 aromatic heterocycles. The van der Waals surface area contributed by atoms with E-state index in [0.717, 1.165) is 12.0 Å². The fourth-order valence-electron chi connectivity index (χ4n) is 1.88. The molecule has 0 fully saturated rings. The molecule has 1 rings (SSSR count). The van der Waals surface area contributed by atoms with Crippen LogP contribution in [0.15, 0.2) is 24.3 Å². The minimum atomic E-state index is -3.21. The van der Waals surface area contributed by atoms with Crippen molar-refractivity contribution >= 4 is 10.0 Å². The van der Waals surface area contributed by atoms with Crippen molar-refractivity contribution in [1.82, 2.24) is 10.0 Å². The van der Waals surface area contributed by atoms with Gasteiger partial charge in [-0.05, 0) is 24.1 Å². The Labute approximate surface area is 114 Å². The third-order valence-electron chi connectivity index (χ3n) is 2.79. The van der Waals surface area contributed by atoms with Gasteiger partial charge in [-0.2, -0.15) is 0 Å². The Balaban J connectivity index is 2.55. The molecule has 1 atom stereocenters. The van der Waals surface area contributed by atoms with Crippen molar-refractivity contribution in [3.63, 3.8) is 0 Å². The molecule has 2 N–H and O–H groups in total. The van der Waals surface area contributed by atoms with Crippen LogP contribution in [0.2, 0.25) is 0 Å². The van der Waals surface area contributed by atoms with E-state index in [0.29, 0.717) is 13.1 Å². The second kappa shape index (κ2) is 7.57. The Morgan fingerprint density at radius 3 is 2.63 bits per heavy atom. The van der Waals surface area contributed by atoms with E-state index in [4.69, 9.17) is 0 Å². The maximum absolute atomic E-state index is 13.1. The zero-order valence-electron chi connectivity index (χ0n) is 11.3. The fourth-order valence-corrected chi connectivity index (χ4v) is 2.85. The predicted molar refractivity (Wildman–Crippen MR) is 74.9 cm³/mol. The molecule has 0 aliphatic heterocycles. The summed E-state index contributed by atoms with van der Waals surface area (Å²) in [5, 5.41) is 3.14. The van der Waals surface area contributed by atoms with Gasteiger partial charge in [0.15, 0.2) is 0 Å². The molecule has 0 heterocycles. The van der Waals surface area contributed by atoms with E-state index in [-0.39, 0.29) is 17.6 Å². The standard InChI is InChI=1S/C13H21FN2O2S/c1-3-13(11-6-5-7-12(14)10-11)15-8-9-19(17,18)16-4-2/h5-7,10,13,15-16H,3-4,8-9H2,1-2H3. The molecule has 0 spiro atoms. The zero-order chi connectivity index (χ0) is 14.3. The van der Waals surface area contributed by atoms with Gasteiger partial charge in [-0.1, -0.05) is 26.0 Å². The molecule has 0 radical (unpaired) electrons. The first-order valence-corrected chi connectivity index (χ1v) is 8.10. The summed E-state index contributed by atoms with van der Waals surface area (Å²) in [5.41, 5.74) is 0.836. The minimum Gasteiger partial charge on any atom is -0.309 e. The summed E-state index contributed by atoms with van der Waals surface area (Å²) in [6, 6.07) is 6.33. The van der Waals surface area contributed by atoms with Gasteiger partial charge in [0.05, 0.1) is 5.75 Å². The molecular weight excluding hydrogens is 267 g/mol. The summed E-state index contributed by atoms with van der Waals surface area (Å²) in [6.07, 6.45) is 0.769. The van der Waals surface area contributed by atoms with Crippen LogP contribution in [0.25, 0.3) is 0 Å². The second-order valence-corrected chi connectivity index (χ2v) is 6.21. The van der Waals surface area contributed by atoms with Gasteiger partial charge in [-0.25, -0.2) is 17.5 Å². The van der Waals surface area contributed by atoms with Crippen molar-refractivity contribution in [2.75, 3.05) is 18.8 Å². The quantitative estimate of drug-likeness (QED) is 0.767. The largest absolute Gasteiger partial charge is 0.309 e. The fraction of sp³-hybridized carbons (Fsp3) is 0.538. The predicted octanol–water partition coefficient (Wildman–Crippen LogP) is 1.81. The van der Waals surface area contributed by atoms with E-state index >= 15 is 0 Å². The molecule has 0 amide bonds. The van der Waals surface area contributed by atoms with E-state index in [1.807, 2.05) is 13.0 Å². The third kappa shape index (κ3) is 5.67. The molecule has 1 aromatic rings. The Bertz CT molecular complexity index is 491. The maximum Gasteiger partial charge on any atom is 0.212 e. The lowest BCUT2D eigenvalue weighted by Gasteiger charge is -2.17. The first-order valence-electron chi connectivity index (χ1n) is 6.44. The third-order valence-corrected chi connectivity index (χ3v) is 4.26. The molecule has 1 unspecified atom stereocenters. The SMILES string of the molecule is CCNS(=O)(=O)CCNC(CC)c1cccc(F)c1. The highest BCUT2D eigenvalue weighted by atomic mass is 32.2. The summed E-state index contributed by atoms with van der Waals surface area (Å²) in [6.45, 7) is 4.45. The molecule has 0 aliphatic rings. The molecular formula is C13H21FN2O2S. The maximum atomic E-state index is 13.1. The summed E-state index contributed by atoms with van der Waals surface area (Å²) < 4.78 is 38.5. The topological polar surface area (TPSA) is 58.2 Å². The van der Waals surface area contributed by atoms with Crippen molar-refractivity contribution in [3.8, 4) is 0 Å². The molecule has 0 bridgehead atoms. The van der Waals surface area contributed by atoms with Gasteiger partial charge >= 0.3 is 0 Å². The summed E-state index contributed by atoms with van der Waals surface area (Å²) in [4.78, 5) is 0. The average molecular weight is 288 g/mol. The number of benzene rings is 1. The normalized spacial score (nSPS) is 13.4. The highest BCUT2D eigenvalue weighted by Gasteiger charge is 2.12. The molecule has 0 saturated carbocycles. The van der Waals surface area contributed by atoms with Crippen molar-refractivity contribution < 1.29 is 12.8 Å². The molecule has 4 nitrogen and oxygen atoms in total. The van der Waals surface area contributed by atoms with Gasteiger partial charge in [-0.15, -0.1) is 0 Å². The van der Waals surface area contributed by atoms with Crippen LogP contribution in [0, 0.1) is 5.82 Å². The zero-order valence-corrected chi connectivity index (χ0v) is 12.1. The van der Waals surface area contributed by atoms with Crippen LogP contribution >= 0.6 is 0 Å². The van der Waals surface area contributed by atoms with E-state index < -0.39 is 10.0 Å². The van der Waals surface area contributed by atoms with Gasteiger partial charge in [0.2, 0.25) is 10.0 Å². The van der Waals surface area contributed by atoms with E-state index in [1.54, 1.807) is 13.0 Å². The molecule has 6 heteroatoms. The second-order valence-electron chi connectivity index (χ2n) is 4.29. The number of halogens is 1. The summed E-state index contributed by atoms with van der Waals surface area (Å²) in [5.74, 6) is -0.259. The molecule has 1 aromatic carbocycles. The van der Waals surface area contributed by atoms with E-state index in [9.17, 15) is 12.8 Å². The lowest BCUT2D eigenvalue weighted by Crippen LogP contribution is -2.33. The number of rotatable bonds is 8. The van der Waals surface area contributed by atoms with Crippen LogP contribution in [0.1, 0.15) is 31.9 Å². The van der Waals surface area contributed by atoms with Crippen LogP contribution in [-0.4, -0.2) is 27.3 Å². The number of hydrogen-bond donors (Lipinski definition) is 2. The van der Waals surface area contributed by atoms with Crippen LogP contribution in [-0.2, 0) is 10.0 Å². The van der Waals surface area contributed by atoms with Crippen LogP contribution in [0.5, 0.6) is 0 Å². The first-order chi connectivity index (χ1) is 8.98. The van der Waals surface area contributed by atoms with E-state index in [2.05, 4.69) is 10.0 Å². The minimum absolute atomic E-state index is 0.0205. The average Bonchev–Trinajstić information content (AvgIpc) is 2.34. The van der Waals surface area contributed by atoms with Crippen molar-refractivity contribution in [1.29, 1.82) is 0 Å². The van der Waals surface area contributed by atoms with Crippen LogP contribution in [0.4, 0.5) is 4.39 Å². The monoisotopic (exact) mass is 288 g/mol. The van der Waals surface area contributed by atoms with Gasteiger partial charge in [0.25, 0.3) is 0 Å². The van der Waals surface area contributed by atoms with E-state index in [1.165, 1.54) is 12.1 Å². The van der Waals surface area contributed by atoms with Crippen LogP contribution < -0.4 is 10.0 Å². The Kier molecular flexibility index (Phi) is 6.41. The highest BCUT2D eigenvalue weighted by molar-refractivity contribution is 7.89. The summed E-state index contributed by atoms with van der Waals surface area (Å²) in [7, 11) is -3.21. The van der Waals surface area contributed by atoms with Crippen molar-refractivity contribution in [2.24, 2.45) is 0 Å². The number of nitrogens with one attached hydrogen (secondary N) is 2. The molecule has 0 aliphatic carbocycles. The lowest BCUT2D eigenvalue weighted by molar-refractivity contribution is 0.524. The van der Waals surface area contributed by atoms with Gasteiger partial charge in [0, 0.05) is 19.1 Å². The van der Waals surface area contributed by atoms with Crippen LogP contribution in [0.3, 0.4) is 0 Å². The highest BCUT2D eigenvalue weighted by Crippen LogP contribution is 2.17. The number of hydrogen-bond acceptors (Lipinski definition) is 3. The number of sulfonamides is 1. The Morgan fingerprint density at radius 2 is 2.05 bits per heavy atom. The Morgan fingerprint density at radius 1 is 1.32 bits per heavy atom. The molecule has 0 saturated heterocycles. The lowest BCUT2D eigenvalue weighted by atomic mass is 10.0. The van der Waals surface area contributed by atoms with Gasteiger partial charge < -0.3 is 5.32 Å². The van der Waals surface area contributed by atoms with Crippen molar-refractivity contribution in [3.05, 3.63) is 35.6 Å². The first kappa shape index (κ1) is 16.1. The summed E-state index contributed by atoms with van der Waals surface area (Å²) >= 11 is 0. The molecule has 19 heavy (non-hydrogen) atoms. The smallest absolute Gasteiger partial charge is 0.212 e. The van der Waals surface area contributed by atoms with Gasteiger partial charge in [-0.3, -0.25) is 0 Å².